The van der Waals surface area contributed by atoms with Crippen molar-refractivity contribution in [3.63, 3.8) is 0 Å². The number of amides is 2. The van der Waals surface area contributed by atoms with Crippen LogP contribution in [0.5, 0.6) is 0 Å². The number of piperidine rings is 1. The second-order valence-corrected chi connectivity index (χ2v) is 4.65. The maximum atomic E-state index is 13.7. The first-order valence-corrected chi connectivity index (χ1v) is 6.16. The maximum Gasteiger partial charge on any atom is 0.257 e. The van der Waals surface area contributed by atoms with E-state index in [1.807, 2.05) is 0 Å². The lowest BCUT2D eigenvalue weighted by atomic mass is 10.00. The van der Waals surface area contributed by atoms with Gasteiger partial charge in [0.05, 0.1) is 5.56 Å². The number of carbonyl (C=O) groups is 2. The molecule has 1 aliphatic heterocycles. The first kappa shape index (κ1) is 13.3. The summed E-state index contributed by atoms with van der Waals surface area (Å²) in [4.78, 5) is 25.0. The van der Waals surface area contributed by atoms with Crippen molar-refractivity contribution in [3.8, 4) is 0 Å². The number of nitrogens with two attached hydrogens (primary N) is 2. The summed E-state index contributed by atoms with van der Waals surface area (Å²) in [5.74, 6) is -1.74. The van der Waals surface area contributed by atoms with Crippen LogP contribution >= 0.6 is 0 Å². The molecular weight excluding hydrogens is 249 g/mol. The van der Waals surface area contributed by atoms with Crippen molar-refractivity contribution < 1.29 is 14.0 Å². The summed E-state index contributed by atoms with van der Waals surface area (Å²) in [5.41, 5.74) is 11.0. The summed E-state index contributed by atoms with van der Waals surface area (Å²) < 4.78 is 13.7. The van der Waals surface area contributed by atoms with Gasteiger partial charge in [-0.05, 0) is 37.5 Å². The Morgan fingerprint density at radius 2 is 2.05 bits per heavy atom. The largest absolute Gasteiger partial charge is 0.399 e. The van der Waals surface area contributed by atoms with Crippen LogP contribution in [0.3, 0.4) is 0 Å². The molecule has 1 heterocycles. The van der Waals surface area contributed by atoms with Crippen LogP contribution in [0.25, 0.3) is 0 Å². The fourth-order valence-corrected chi connectivity index (χ4v) is 2.33. The van der Waals surface area contributed by atoms with Gasteiger partial charge in [-0.15, -0.1) is 0 Å². The van der Waals surface area contributed by atoms with E-state index in [9.17, 15) is 14.0 Å². The van der Waals surface area contributed by atoms with E-state index in [2.05, 4.69) is 0 Å². The zero-order valence-electron chi connectivity index (χ0n) is 10.4. The first-order valence-electron chi connectivity index (χ1n) is 6.16. The number of benzene rings is 1. The molecular formula is C13H16FN3O2. The van der Waals surface area contributed by atoms with Gasteiger partial charge in [0.25, 0.3) is 5.91 Å². The van der Waals surface area contributed by atoms with Gasteiger partial charge in [0.2, 0.25) is 5.91 Å². The van der Waals surface area contributed by atoms with Crippen LogP contribution in [-0.4, -0.2) is 29.3 Å². The van der Waals surface area contributed by atoms with Gasteiger partial charge >= 0.3 is 0 Å². The summed E-state index contributed by atoms with van der Waals surface area (Å²) in [6.45, 7) is 0.403. The highest BCUT2D eigenvalue weighted by Gasteiger charge is 2.32. The van der Waals surface area contributed by atoms with Crippen molar-refractivity contribution in [2.24, 2.45) is 5.73 Å². The smallest absolute Gasteiger partial charge is 0.257 e. The van der Waals surface area contributed by atoms with Crippen molar-refractivity contribution in [2.45, 2.75) is 25.3 Å². The SMILES string of the molecule is NC(=O)C1CCCCN1C(=O)c1cc(N)ccc1F. The number of nitrogen functional groups attached to an aromatic ring is 1. The summed E-state index contributed by atoms with van der Waals surface area (Å²) in [5, 5.41) is 0. The van der Waals surface area contributed by atoms with E-state index < -0.39 is 23.7 Å². The summed E-state index contributed by atoms with van der Waals surface area (Å²) in [6, 6.07) is 3.14. The molecule has 0 aliphatic carbocycles. The fraction of sp³-hybridized carbons (Fsp3) is 0.385. The minimum atomic E-state index is -0.665. The van der Waals surface area contributed by atoms with E-state index in [-0.39, 0.29) is 5.56 Å². The molecule has 0 bridgehead atoms. The summed E-state index contributed by atoms with van der Waals surface area (Å²) in [7, 11) is 0. The molecule has 1 saturated heterocycles. The third-order valence-electron chi connectivity index (χ3n) is 3.31. The van der Waals surface area contributed by atoms with Gasteiger partial charge in [-0.1, -0.05) is 0 Å². The van der Waals surface area contributed by atoms with Crippen LogP contribution in [0.2, 0.25) is 0 Å². The van der Waals surface area contributed by atoms with Gasteiger partial charge in [-0.25, -0.2) is 4.39 Å². The monoisotopic (exact) mass is 265 g/mol. The van der Waals surface area contributed by atoms with E-state index in [4.69, 9.17) is 11.5 Å². The second-order valence-electron chi connectivity index (χ2n) is 4.65. The molecule has 2 amide bonds. The third kappa shape index (κ3) is 2.67. The molecule has 1 aromatic carbocycles. The van der Waals surface area contributed by atoms with Crippen LogP contribution in [0.15, 0.2) is 18.2 Å². The van der Waals surface area contributed by atoms with Crippen LogP contribution < -0.4 is 11.5 Å². The van der Waals surface area contributed by atoms with Crippen molar-refractivity contribution in [1.82, 2.24) is 4.90 Å². The molecule has 102 valence electrons. The summed E-state index contributed by atoms with van der Waals surface area (Å²) in [6.07, 6.45) is 2.13. The number of primary amides is 1. The van der Waals surface area contributed by atoms with E-state index in [1.165, 1.54) is 17.0 Å². The molecule has 2 rings (SSSR count). The molecule has 0 radical (unpaired) electrons. The van der Waals surface area contributed by atoms with Gasteiger partial charge in [0, 0.05) is 12.2 Å². The number of anilines is 1. The topological polar surface area (TPSA) is 89.4 Å². The van der Waals surface area contributed by atoms with Gasteiger partial charge in [0.1, 0.15) is 11.9 Å². The molecule has 1 aromatic rings. The van der Waals surface area contributed by atoms with E-state index in [0.717, 1.165) is 18.9 Å². The second kappa shape index (κ2) is 5.26. The molecule has 0 aromatic heterocycles. The molecule has 6 heteroatoms. The molecule has 4 N–H and O–H groups in total. The number of nitrogens with zero attached hydrogens (tertiary/aromatic N) is 1. The Balaban J connectivity index is 2.31. The Bertz CT molecular complexity index is 519. The van der Waals surface area contributed by atoms with Gasteiger partial charge in [-0.3, -0.25) is 9.59 Å². The lowest BCUT2D eigenvalue weighted by Crippen LogP contribution is -2.50. The number of carbonyl (C=O) groups excluding carboxylic acids is 2. The molecule has 19 heavy (non-hydrogen) atoms. The highest BCUT2D eigenvalue weighted by Crippen LogP contribution is 2.21. The molecule has 0 saturated carbocycles. The van der Waals surface area contributed by atoms with Crippen molar-refractivity contribution in [3.05, 3.63) is 29.6 Å². The number of rotatable bonds is 2. The van der Waals surface area contributed by atoms with Gasteiger partial charge in [0.15, 0.2) is 0 Å². The van der Waals surface area contributed by atoms with Gasteiger partial charge < -0.3 is 16.4 Å². The maximum absolute atomic E-state index is 13.7. The average molecular weight is 265 g/mol. The minimum absolute atomic E-state index is 0.117. The predicted octanol–water partition coefficient (Wildman–Crippen LogP) is 0.888. The Kier molecular flexibility index (Phi) is 3.69. The lowest BCUT2D eigenvalue weighted by Gasteiger charge is -2.33. The standard InChI is InChI=1S/C13H16FN3O2/c14-10-5-4-8(15)7-9(10)13(19)17-6-2-1-3-11(17)12(16)18/h4-5,7,11H,1-3,6,15H2,(H2,16,18). The van der Waals surface area contributed by atoms with Gasteiger partial charge in [-0.2, -0.15) is 0 Å². The summed E-state index contributed by atoms with van der Waals surface area (Å²) >= 11 is 0. The molecule has 0 spiro atoms. The molecule has 1 fully saturated rings. The normalized spacial score (nSPS) is 19.2. The molecule has 1 aliphatic rings. The number of likely N-dealkylation sites (tertiary alicyclic amines) is 1. The van der Waals surface area contributed by atoms with Crippen LogP contribution in [0.4, 0.5) is 10.1 Å². The van der Waals surface area contributed by atoms with Crippen molar-refractivity contribution >= 4 is 17.5 Å². The number of hydrogen-bond acceptors (Lipinski definition) is 3. The average Bonchev–Trinajstić information content (AvgIpc) is 2.40. The number of hydrogen-bond donors (Lipinski definition) is 2. The van der Waals surface area contributed by atoms with Crippen LogP contribution in [0, 0.1) is 5.82 Å². The zero-order valence-corrected chi connectivity index (χ0v) is 10.4. The highest BCUT2D eigenvalue weighted by atomic mass is 19.1. The zero-order chi connectivity index (χ0) is 14.0. The Labute approximate surface area is 110 Å². The first-order chi connectivity index (χ1) is 9.00. The number of halogens is 1. The molecule has 5 nitrogen and oxygen atoms in total. The fourth-order valence-electron chi connectivity index (χ4n) is 2.33. The quantitative estimate of drug-likeness (QED) is 0.778. The Morgan fingerprint density at radius 3 is 2.74 bits per heavy atom. The van der Waals surface area contributed by atoms with Crippen LogP contribution in [-0.2, 0) is 4.79 Å². The Morgan fingerprint density at radius 1 is 1.32 bits per heavy atom. The van der Waals surface area contributed by atoms with E-state index in [0.29, 0.717) is 18.7 Å². The highest BCUT2D eigenvalue weighted by molar-refractivity contribution is 5.98. The predicted molar refractivity (Wildman–Crippen MR) is 68.7 cm³/mol. The van der Waals surface area contributed by atoms with Crippen molar-refractivity contribution in [2.75, 3.05) is 12.3 Å². The third-order valence-corrected chi connectivity index (χ3v) is 3.31. The van der Waals surface area contributed by atoms with Crippen LogP contribution in [0.1, 0.15) is 29.6 Å². The van der Waals surface area contributed by atoms with Crippen molar-refractivity contribution in [1.29, 1.82) is 0 Å². The Hall–Kier alpha value is -2.11. The molecule has 1 atom stereocenters. The van der Waals surface area contributed by atoms with E-state index >= 15 is 0 Å². The minimum Gasteiger partial charge on any atom is -0.399 e. The van der Waals surface area contributed by atoms with E-state index in [1.54, 1.807) is 0 Å². The molecule has 1 unspecified atom stereocenters. The lowest BCUT2D eigenvalue weighted by molar-refractivity contribution is -0.123.